The van der Waals surface area contributed by atoms with Gasteiger partial charge in [0.1, 0.15) is 22.7 Å². The van der Waals surface area contributed by atoms with Gasteiger partial charge in [-0.05, 0) is 24.3 Å². The van der Waals surface area contributed by atoms with Crippen molar-refractivity contribution in [2.75, 3.05) is 35.2 Å². The van der Waals surface area contributed by atoms with Crippen LogP contribution in [0.3, 0.4) is 0 Å². The molecule has 1 aliphatic rings. The molecule has 33 heavy (non-hydrogen) atoms. The number of aromatic amines is 1. The summed E-state index contributed by atoms with van der Waals surface area (Å²) < 4.78 is 49.5. The van der Waals surface area contributed by atoms with E-state index in [1.807, 2.05) is 11.0 Å². The summed E-state index contributed by atoms with van der Waals surface area (Å²) in [6, 6.07) is 6.86. The van der Waals surface area contributed by atoms with Crippen LogP contribution in [-0.2, 0) is 0 Å². The lowest BCUT2D eigenvalue weighted by atomic mass is 10.1. The molecule has 0 atom stereocenters. The average molecular weight is 474 g/mol. The molecule has 1 aromatic carbocycles. The fraction of sp³-hybridized carbons (Fsp3) is 0.190. The van der Waals surface area contributed by atoms with Gasteiger partial charge >= 0.3 is 0 Å². The second-order valence-corrected chi connectivity index (χ2v) is 10.2. The van der Waals surface area contributed by atoms with Crippen LogP contribution >= 0.6 is 10.6 Å². The highest BCUT2D eigenvalue weighted by molar-refractivity contribution is 8.24. The number of nitrogens with zero attached hydrogens (tertiary/aromatic N) is 4. The molecule has 0 amide bonds. The van der Waals surface area contributed by atoms with Crippen molar-refractivity contribution in [3.05, 3.63) is 64.7 Å². The number of halogens is 2. The molecule has 172 valence electrons. The van der Waals surface area contributed by atoms with Gasteiger partial charge in [-0.15, -0.1) is 0 Å². The fourth-order valence-corrected chi connectivity index (χ4v) is 5.17. The van der Waals surface area contributed by atoms with E-state index in [9.17, 15) is 22.7 Å². The lowest BCUT2D eigenvalue weighted by Crippen LogP contribution is -2.38. The van der Waals surface area contributed by atoms with Gasteiger partial charge in [-0.2, -0.15) is 15.7 Å². The Labute approximate surface area is 187 Å². The zero-order chi connectivity index (χ0) is 23.3. The number of H-pyrrole nitrogens is 1. The van der Waals surface area contributed by atoms with Gasteiger partial charge in [0.25, 0.3) is 5.56 Å². The van der Waals surface area contributed by atoms with Crippen LogP contribution in [0.2, 0.25) is 0 Å². The lowest BCUT2D eigenvalue weighted by molar-refractivity contribution is 0.479. The van der Waals surface area contributed by atoms with E-state index in [-0.39, 0.29) is 11.2 Å². The molecule has 0 bridgehead atoms. The van der Waals surface area contributed by atoms with Gasteiger partial charge in [0, 0.05) is 24.8 Å². The van der Waals surface area contributed by atoms with E-state index in [0.717, 1.165) is 22.4 Å². The van der Waals surface area contributed by atoms with Gasteiger partial charge in [0.15, 0.2) is 5.82 Å². The van der Waals surface area contributed by atoms with Crippen molar-refractivity contribution in [2.24, 2.45) is 0 Å². The third-order valence-electron chi connectivity index (χ3n) is 5.70. The van der Waals surface area contributed by atoms with E-state index >= 15 is 0 Å². The maximum Gasteiger partial charge on any atom is 0.268 e. The Kier molecular flexibility index (Phi) is 5.07. The largest absolute Gasteiger partial charge is 0.382 e. The zero-order valence-corrected chi connectivity index (χ0v) is 18.0. The van der Waals surface area contributed by atoms with Crippen LogP contribution in [0.4, 0.5) is 20.3 Å². The highest BCUT2D eigenvalue weighted by atomic mass is 32.3. The van der Waals surface area contributed by atoms with Gasteiger partial charge in [-0.3, -0.25) is 28.5 Å². The number of hydrogen-bond acceptors (Lipinski definition) is 7. The van der Waals surface area contributed by atoms with Crippen molar-refractivity contribution in [3.63, 3.8) is 0 Å². The van der Waals surface area contributed by atoms with Crippen LogP contribution in [0.15, 0.2) is 47.5 Å². The number of benzene rings is 1. The van der Waals surface area contributed by atoms with Crippen molar-refractivity contribution in [1.82, 2.24) is 19.7 Å². The van der Waals surface area contributed by atoms with Crippen LogP contribution in [0.1, 0.15) is 0 Å². The second-order valence-electron chi connectivity index (χ2n) is 7.75. The third-order valence-corrected chi connectivity index (χ3v) is 7.37. The van der Waals surface area contributed by atoms with Crippen LogP contribution in [-0.4, -0.2) is 53.4 Å². The first-order valence-electron chi connectivity index (χ1n) is 10.0. The first-order valence-corrected chi connectivity index (χ1v) is 11.9. The summed E-state index contributed by atoms with van der Waals surface area (Å²) in [5.41, 5.74) is 6.56. The lowest BCUT2D eigenvalue weighted by Gasteiger charge is -2.41. The van der Waals surface area contributed by atoms with Crippen molar-refractivity contribution in [3.8, 4) is 16.9 Å². The second kappa shape index (κ2) is 7.83. The maximum atomic E-state index is 14.5. The van der Waals surface area contributed by atoms with Crippen LogP contribution < -0.4 is 16.2 Å². The molecule has 9 nitrogen and oxygen atoms in total. The summed E-state index contributed by atoms with van der Waals surface area (Å²) in [4.78, 5) is 19.5. The monoisotopic (exact) mass is 474 g/mol. The van der Waals surface area contributed by atoms with Gasteiger partial charge < -0.3 is 10.6 Å². The van der Waals surface area contributed by atoms with E-state index in [1.54, 1.807) is 12.3 Å². The molecule has 4 aromatic rings. The average Bonchev–Trinajstić information content (AvgIpc) is 3.17. The Balaban J connectivity index is 1.62. The Bertz CT molecular complexity index is 1390. The topological polar surface area (TPSA) is 133 Å². The standard InChI is InChI=1S/C21H20F2N6O3S/c22-14-2-1-3-15(23)19(14)29-11-13(18-17(21(29)30)20(24)27-26-18)16-5-4-12(10-25-16)28-6-8-33(31,32)9-7-28/h1-5,10-11,31-32H,6-9H2,(H3,24,26,27). The van der Waals surface area contributed by atoms with Gasteiger partial charge in [0.05, 0.1) is 34.6 Å². The molecule has 5 rings (SSSR count). The molecule has 1 saturated heterocycles. The summed E-state index contributed by atoms with van der Waals surface area (Å²) in [6.45, 7) is 0.976. The van der Waals surface area contributed by atoms with E-state index in [4.69, 9.17) is 5.73 Å². The minimum Gasteiger partial charge on any atom is -0.382 e. The molecule has 0 radical (unpaired) electrons. The van der Waals surface area contributed by atoms with Crippen molar-refractivity contribution in [2.45, 2.75) is 0 Å². The fourth-order valence-electron chi connectivity index (χ4n) is 3.94. The highest BCUT2D eigenvalue weighted by Gasteiger charge is 2.24. The summed E-state index contributed by atoms with van der Waals surface area (Å²) in [7, 11) is -2.52. The van der Waals surface area contributed by atoms with Crippen molar-refractivity contribution in [1.29, 1.82) is 0 Å². The zero-order valence-electron chi connectivity index (χ0n) is 17.2. The van der Waals surface area contributed by atoms with E-state index in [2.05, 4.69) is 15.2 Å². The van der Waals surface area contributed by atoms with Crippen molar-refractivity contribution < 1.29 is 17.9 Å². The quantitative estimate of drug-likeness (QED) is 0.358. The molecule has 0 unspecified atom stereocenters. The SMILES string of the molecule is Nc1n[nH]c2c(-c3ccc(N4CCS(O)(O)CC4)cn3)cn(-c3c(F)cccc3F)c(=O)c12. The first-order chi connectivity index (χ1) is 15.7. The number of hydrogen-bond donors (Lipinski definition) is 4. The number of nitrogens with one attached hydrogen (secondary N) is 1. The van der Waals surface area contributed by atoms with E-state index < -0.39 is 33.5 Å². The highest BCUT2D eigenvalue weighted by Crippen LogP contribution is 2.41. The van der Waals surface area contributed by atoms with Crippen LogP contribution in [0.5, 0.6) is 0 Å². The number of anilines is 2. The first kappa shape index (κ1) is 21.4. The minimum atomic E-state index is -2.52. The summed E-state index contributed by atoms with van der Waals surface area (Å²) in [6.07, 6.45) is 2.93. The number of pyridine rings is 2. The van der Waals surface area contributed by atoms with Crippen LogP contribution in [0, 0.1) is 11.6 Å². The molecule has 3 aromatic heterocycles. The van der Waals surface area contributed by atoms with E-state index in [0.29, 0.717) is 41.4 Å². The van der Waals surface area contributed by atoms with Crippen molar-refractivity contribution >= 4 is 33.0 Å². The molecule has 1 fully saturated rings. The Morgan fingerprint density at radius 3 is 2.42 bits per heavy atom. The summed E-state index contributed by atoms with van der Waals surface area (Å²) in [5, 5.41) is 6.61. The summed E-state index contributed by atoms with van der Waals surface area (Å²) >= 11 is 0. The number of para-hydroxylation sites is 1. The minimum absolute atomic E-state index is 0.00210. The molecular formula is C21H20F2N6O3S. The van der Waals surface area contributed by atoms with Gasteiger partial charge in [0.2, 0.25) is 0 Å². The Morgan fingerprint density at radius 1 is 1.09 bits per heavy atom. The van der Waals surface area contributed by atoms with E-state index in [1.165, 1.54) is 12.3 Å². The molecule has 1 aliphatic heterocycles. The third kappa shape index (κ3) is 3.71. The maximum absolute atomic E-state index is 14.5. The van der Waals surface area contributed by atoms with Gasteiger partial charge in [-0.25, -0.2) is 8.78 Å². The molecule has 12 heteroatoms. The Hall–Kier alpha value is -3.48. The molecule has 0 saturated carbocycles. The molecular weight excluding hydrogens is 454 g/mol. The summed E-state index contributed by atoms with van der Waals surface area (Å²) in [5.74, 6) is -1.30. The smallest absolute Gasteiger partial charge is 0.268 e. The predicted molar refractivity (Wildman–Crippen MR) is 124 cm³/mol. The number of rotatable bonds is 3. The number of nitrogens with two attached hydrogens (primary N) is 1. The molecule has 5 N–H and O–H groups in total. The molecule has 0 aliphatic carbocycles. The number of aromatic nitrogens is 4. The normalized spacial score (nSPS) is 16.8. The number of nitrogen functional groups attached to an aromatic ring is 1. The molecule has 4 heterocycles. The van der Waals surface area contributed by atoms with Crippen LogP contribution in [0.25, 0.3) is 27.8 Å². The number of fused-ring (bicyclic) bond motifs is 1. The molecule has 0 spiro atoms. The predicted octanol–water partition coefficient (Wildman–Crippen LogP) is 3.21. The Morgan fingerprint density at radius 2 is 1.79 bits per heavy atom. The van der Waals surface area contributed by atoms with Gasteiger partial charge in [-0.1, -0.05) is 6.07 Å².